The SMILES string of the molecule is [2H]C([2H])([2H])c1cnc(-c2[c-]cccc2)cc1C([2H])([2H])c1ccccc1.[Ir].[c-]1ccccc1-c1ccccn1. The van der Waals surface area contributed by atoms with Gasteiger partial charge in [-0.15, -0.1) is 71.8 Å². The first kappa shape index (κ1) is 18.1. The summed E-state index contributed by atoms with van der Waals surface area (Å²) < 4.78 is 40.4. The summed E-state index contributed by atoms with van der Waals surface area (Å²) in [5.41, 5.74) is 3.60. The first-order valence-electron chi connectivity index (χ1n) is 12.7. The van der Waals surface area contributed by atoms with Crippen LogP contribution in [0.25, 0.3) is 22.5 Å². The molecule has 3 aromatic carbocycles. The van der Waals surface area contributed by atoms with Gasteiger partial charge in [0.25, 0.3) is 0 Å². The van der Waals surface area contributed by atoms with Crippen LogP contribution in [0.2, 0.25) is 0 Å². The summed E-state index contributed by atoms with van der Waals surface area (Å²) in [6, 6.07) is 37.1. The Hall–Kier alpha value is -3.39. The topological polar surface area (TPSA) is 25.8 Å². The predicted octanol–water partition coefficient (Wildman–Crippen LogP) is 6.99. The molecular formula is C30H24IrN2-2. The van der Waals surface area contributed by atoms with Crippen LogP contribution in [0.1, 0.15) is 23.5 Å². The zero-order chi connectivity index (χ0) is 26.3. The molecule has 0 unspecified atom stereocenters. The van der Waals surface area contributed by atoms with Gasteiger partial charge >= 0.3 is 0 Å². The average Bonchev–Trinajstić information content (AvgIpc) is 2.94. The molecule has 5 aromatic rings. The minimum Gasteiger partial charge on any atom is -0.305 e. The average molecular weight is 610 g/mol. The van der Waals surface area contributed by atoms with Crippen molar-refractivity contribution in [3.63, 3.8) is 0 Å². The third-order valence-corrected chi connectivity index (χ3v) is 4.59. The number of hydrogen-bond donors (Lipinski definition) is 0. The van der Waals surface area contributed by atoms with Gasteiger partial charge < -0.3 is 9.97 Å². The Kier molecular flexibility index (Phi) is 6.90. The van der Waals surface area contributed by atoms with Crippen molar-refractivity contribution >= 4 is 0 Å². The van der Waals surface area contributed by atoms with Crippen molar-refractivity contribution in [2.75, 3.05) is 0 Å². The second-order valence-electron chi connectivity index (χ2n) is 6.87. The van der Waals surface area contributed by atoms with E-state index in [1.807, 2.05) is 54.6 Å². The molecule has 165 valence electrons. The van der Waals surface area contributed by atoms with E-state index in [2.05, 4.69) is 22.1 Å². The van der Waals surface area contributed by atoms with Crippen LogP contribution in [0, 0.1) is 19.0 Å². The van der Waals surface area contributed by atoms with E-state index >= 15 is 0 Å². The molecule has 5 rings (SSSR count). The van der Waals surface area contributed by atoms with Gasteiger partial charge in [-0.2, -0.15) is 0 Å². The van der Waals surface area contributed by atoms with Crippen LogP contribution in [-0.2, 0) is 26.5 Å². The van der Waals surface area contributed by atoms with Crippen molar-refractivity contribution < 1.29 is 27.0 Å². The number of aromatic nitrogens is 2. The largest absolute Gasteiger partial charge is 0.305 e. The monoisotopic (exact) mass is 610 g/mol. The Labute approximate surface area is 216 Å². The first-order chi connectivity index (χ1) is 17.8. The maximum Gasteiger partial charge on any atom is 0.0366 e. The second kappa shape index (κ2) is 12.6. The second-order valence-corrected chi connectivity index (χ2v) is 6.87. The smallest absolute Gasteiger partial charge is 0.0366 e. The van der Waals surface area contributed by atoms with Crippen LogP contribution >= 0.6 is 0 Å². The Balaban J connectivity index is 0.000000258. The third kappa shape index (κ3) is 7.05. The molecule has 1 radical (unpaired) electrons. The molecule has 2 heterocycles. The van der Waals surface area contributed by atoms with Crippen molar-refractivity contribution in [2.45, 2.75) is 13.2 Å². The number of pyridine rings is 2. The van der Waals surface area contributed by atoms with Gasteiger partial charge in [-0.1, -0.05) is 48.5 Å². The summed E-state index contributed by atoms with van der Waals surface area (Å²) in [5.74, 6) is 0. The summed E-state index contributed by atoms with van der Waals surface area (Å²) in [5, 5.41) is 0. The molecule has 0 saturated heterocycles. The van der Waals surface area contributed by atoms with Crippen molar-refractivity contribution in [1.82, 2.24) is 9.97 Å². The molecule has 33 heavy (non-hydrogen) atoms. The number of rotatable bonds is 4. The molecule has 0 aliphatic carbocycles. The summed E-state index contributed by atoms with van der Waals surface area (Å²) in [4.78, 5) is 8.44. The molecule has 0 spiro atoms. The van der Waals surface area contributed by atoms with Gasteiger partial charge in [-0.05, 0) is 47.4 Å². The maximum absolute atomic E-state index is 8.57. The summed E-state index contributed by atoms with van der Waals surface area (Å²) in [6.45, 7) is -2.45. The Bertz CT molecular complexity index is 1380. The normalized spacial score (nSPS) is 12.9. The van der Waals surface area contributed by atoms with Gasteiger partial charge in [-0.25, -0.2) is 0 Å². The van der Waals surface area contributed by atoms with Crippen LogP contribution in [0.15, 0.2) is 116 Å². The summed E-state index contributed by atoms with van der Waals surface area (Å²) >= 11 is 0. The van der Waals surface area contributed by atoms with E-state index in [1.165, 1.54) is 12.3 Å². The van der Waals surface area contributed by atoms with E-state index in [1.54, 1.807) is 48.7 Å². The molecular weight excluding hydrogens is 581 g/mol. The first-order valence-corrected chi connectivity index (χ1v) is 10.2. The van der Waals surface area contributed by atoms with E-state index in [-0.39, 0.29) is 31.2 Å². The van der Waals surface area contributed by atoms with Crippen LogP contribution < -0.4 is 0 Å². The van der Waals surface area contributed by atoms with Crippen molar-refractivity contribution in [3.8, 4) is 22.5 Å². The molecule has 3 heteroatoms. The third-order valence-electron chi connectivity index (χ3n) is 4.59. The van der Waals surface area contributed by atoms with E-state index in [0.29, 0.717) is 16.8 Å². The van der Waals surface area contributed by atoms with Crippen molar-refractivity contribution in [1.29, 1.82) is 0 Å². The number of benzene rings is 3. The van der Waals surface area contributed by atoms with Crippen LogP contribution in [0.5, 0.6) is 0 Å². The molecule has 0 amide bonds. The minimum absolute atomic E-state index is 0. The quantitative estimate of drug-likeness (QED) is 0.205. The van der Waals surface area contributed by atoms with Crippen molar-refractivity contribution in [2.24, 2.45) is 0 Å². The van der Waals surface area contributed by atoms with E-state index in [0.717, 1.165) is 11.3 Å². The molecule has 0 atom stereocenters. The zero-order valence-electron chi connectivity index (χ0n) is 22.7. The van der Waals surface area contributed by atoms with Gasteiger partial charge in [0.15, 0.2) is 0 Å². The fraction of sp³-hybridized carbons (Fsp3) is 0.0667. The van der Waals surface area contributed by atoms with Crippen LogP contribution in [0.4, 0.5) is 0 Å². The molecule has 0 fully saturated rings. The molecule has 0 N–H and O–H groups in total. The van der Waals surface area contributed by atoms with E-state index in [9.17, 15) is 0 Å². The van der Waals surface area contributed by atoms with Crippen LogP contribution in [-0.4, -0.2) is 9.97 Å². The van der Waals surface area contributed by atoms with Crippen molar-refractivity contribution in [3.05, 3.63) is 144 Å². The molecule has 2 aromatic heterocycles. The fourth-order valence-electron chi connectivity index (χ4n) is 3.01. The molecule has 0 bridgehead atoms. The fourth-order valence-corrected chi connectivity index (χ4v) is 3.01. The van der Waals surface area contributed by atoms with E-state index < -0.39 is 13.2 Å². The van der Waals surface area contributed by atoms with Gasteiger partial charge in [0.05, 0.1) is 0 Å². The van der Waals surface area contributed by atoms with E-state index in [4.69, 9.17) is 6.85 Å². The molecule has 0 aliphatic rings. The Morgan fingerprint density at radius 1 is 0.758 bits per heavy atom. The number of aryl methyl sites for hydroxylation is 1. The molecule has 2 nitrogen and oxygen atoms in total. The van der Waals surface area contributed by atoms with Gasteiger partial charge in [0.2, 0.25) is 0 Å². The number of nitrogens with zero attached hydrogens (tertiary/aromatic N) is 2. The molecule has 0 aliphatic heterocycles. The summed E-state index contributed by atoms with van der Waals surface area (Å²) in [7, 11) is 0. The van der Waals surface area contributed by atoms with Gasteiger partial charge in [-0.3, -0.25) is 0 Å². The molecule has 0 saturated carbocycles. The summed E-state index contributed by atoms with van der Waals surface area (Å²) in [6.07, 6.45) is 1.08. The standard InChI is InChI=1S/C19H16N.C11H8N.Ir/c1-15-14-20-19(17-10-6-3-7-11-17)13-18(15)12-16-8-4-2-5-9-16;1-2-6-10(7-3-1)11-8-4-5-9-12-11;/h2-10,13-14H,12H2,1H3;1-6,8-9H;/q2*-1;/i1D3,12D2;;. The number of hydrogen-bond acceptors (Lipinski definition) is 2. The Morgan fingerprint density at radius 3 is 2.03 bits per heavy atom. The Morgan fingerprint density at radius 2 is 1.42 bits per heavy atom. The van der Waals surface area contributed by atoms with Gasteiger partial charge in [0.1, 0.15) is 0 Å². The minimum atomic E-state index is -2.45. The zero-order valence-corrected chi connectivity index (χ0v) is 20.1. The maximum atomic E-state index is 8.57. The predicted molar refractivity (Wildman–Crippen MR) is 131 cm³/mol. The van der Waals surface area contributed by atoms with Crippen LogP contribution in [0.3, 0.4) is 0 Å². The van der Waals surface area contributed by atoms with Gasteiger partial charge in [0, 0.05) is 39.4 Å².